The van der Waals surface area contributed by atoms with Crippen LogP contribution < -0.4 is 4.74 Å². The number of hydrogen-bond donors (Lipinski definition) is 1. The molecule has 1 atom stereocenters. The quantitative estimate of drug-likeness (QED) is 0.401. The summed E-state index contributed by atoms with van der Waals surface area (Å²) in [6.45, 7) is 8.06. The fourth-order valence-corrected chi connectivity index (χ4v) is 3.95. The maximum atomic E-state index is 14.5. The molecule has 1 aliphatic carbocycles. The predicted octanol–water partition coefficient (Wildman–Crippen LogP) is 5.11. The number of benzene rings is 2. The molecule has 0 saturated heterocycles. The van der Waals surface area contributed by atoms with Gasteiger partial charge in [0.05, 0.1) is 35.8 Å². The molecule has 6 nitrogen and oxygen atoms in total. The normalized spacial score (nSPS) is 14.7. The topological polar surface area (TPSA) is 59.8 Å². The van der Waals surface area contributed by atoms with Crippen LogP contribution in [0.2, 0.25) is 0 Å². The molecule has 1 N–H and O–H groups in total. The van der Waals surface area contributed by atoms with Crippen LogP contribution in [0, 0.1) is 18.7 Å². The summed E-state index contributed by atoms with van der Waals surface area (Å²) >= 11 is 0. The minimum Gasteiger partial charge on any atom is -0.435 e. The molecule has 0 bridgehead atoms. The van der Waals surface area contributed by atoms with Gasteiger partial charge in [0, 0.05) is 19.6 Å². The zero-order valence-electron chi connectivity index (χ0n) is 20.2. The van der Waals surface area contributed by atoms with Crippen molar-refractivity contribution in [3.05, 3.63) is 71.7 Å². The lowest BCUT2D eigenvalue weighted by Crippen LogP contribution is -2.36. The molecular weight excluding hydrogens is 433 g/mol. The number of nitrogens with zero attached hydrogens (tertiary/aromatic N) is 3. The summed E-state index contributed by atoms with van der Waals surface area (Å²) in [7, 11) is 0. The van der Waals surface area contributed by atoms with Gasteiger partial charge < -0.3 is 14.6 Å². The summed E-state index contributed by atoms with van der Waals surface area (Å²) in [5, 5.41) is 15.4. The second-order valence-electron chi connectivity index (χ2n) is 9.32. The van der Waals surface area contributed by atoms with E-state index in [1.54, 1.807) is 22.9 Å². The van der Waals surface area contributed by atoms with Gasteiger partial charge in [-0.2, -0.15) is 5.10 Å². The number of rotatable bonds is 12. The Bertz CT molecular complexity index is 1070. The zero-order valence-corrected chi connectivity index (χ0v) is 20.2. The van der Waals surface area contributed by atoms with Crippen molar-refractivity contribution in [1.29, 1.82) is 0 Å². The van der Waals surface area contributed by atoms with Crippen molar-refractivity contribution in [3.63, 3.8) is 0 Å². The Kier molecular flexibility index (Phi) is 7.98. The minimum atomic E-state index is -0.596. The van der Waals surface area contributed by atoms with Gasteiger partial charge >= 0.3 is 0 Å². The number of para-hydroxylation sites is 2. The molecule has 0 amide bonds. The summed E-state index contributed by atoms with van der Waals surface area (Å²) in [4.78, 5) is 2.24. The third kappa shape index (κ3) is 6.44. The van der Waals surface area contributed by atoms with Gasteiger partial charge in [-0.05, 0) is 63.8 Å². The maximum absolute atomic E-state index is 14.5. The van der Waals surface area contributed by atoms with E-state index in [-0.39, 0.29) is 11.9 Å². The molecule has 0 unspecified atom stereocenters. The number of aliphatic hydroxyl groups is 1. The Morgan fingerprint density at radius 2 is 1.82 bits per heavy atom. The van der Waals surface area contributed by atoms with E-state index in [1.807, 2.05) is 51.1 Å². The molecule has 7 heteroatoms. The molecule has 2 aromatic carbocycles. The Morgan fingerprint density at radius 3 is 2.50 bits per heavy atom. The highest BCUT2D eigenvalue weighted by atomic mass is 19.1. The molecule has 1 aliphatic rings. The summed E-state index contributed by atoms with van der Waals surface area (Å²) in [5.74, 6) is 0.851. The number of halogens is 1. The first-order valence-electron chi connectivity index (χ1n) is 12.0. The largest absolute Gasteiger partial charge is 0.435 e. The maximum Gasteiger partial charge on any atom is 0.227 e. The highest BCUT2D eigenvalue weighted by Crippen LogP contribution is 2.34. The van der Waals surface area contributed by atoms with E-state index < -0.39 is 11.9 Å². The Morgan fingerprint density at radius 1 is 1.12 bits per heavy atom. The van der Waals surface area contributed by atoms with Gasteiger partial charge in [-0.1, -0.05) is 30.3 Å². The van der Waals surface area contributed by atoms with Crippen LogP contribution in [0.1, 0.15) is 37.9 Å². The second-order valence-corrected chi connectivity index (χ2v) is 9.32. The van der Waals surface area contributed by atoms with Gasteiger partial charge in [0.25, 0.3) is 0 Å². The third-order valence-corrected chi connectivity index (χ3v) is 5.87. The van der Waals surface area contributed by atoms with Crippen LogP contribution in [0.5, 0.6) is 11.6 Å². The molecule has 182 valence electrons. The number of hydrogen-bond acceptors (Lipinski definition) is 5. The number of ether oxygens (including phenoxy) is 2. The molecular formula is C27H34FN3O3. The van der Waals surface area contributed by atoms with E-state index in [4.69, 9.17) is 14.6 Å². The molecule has 0 spiro atoms. The van der Waals surface area contributed by atoms with E-state index >= 15 is 0 Å². The number of aliphatic hydroxyl groups excluding tert-OH is 1. The summed E-state index contributed by atoms with van der Waals surface area (Å²) in [5.41, 5.74) is 2.52. The van der Waals surface area contributed by atoms with Crippen LogP contribution in [0.3, 0.4) is 0 Å². The summed E-state index contributed by atoms with van der Waals surface area (Å²) in [6, 6.07) is 16.1. The van der Waals surface area contributed by atoms with Crippen LogP contribution in [0.15, 0.2) is 54.6 Å². The van der Waals surface area contributed by atoms with Gasteiger partial charge in [-0.25, -0.2) is 9.07 Å². The van der Waals surface area contributed by atoms with Gasteiger partial charge in [0.2, 0.25) is 5.88 Å². The highest BCUT2D eigenvalue weighted by Gasteiger charge is 2.28. The molecule has 1 fully saturated rings. The summed E-state index contributed by atoms with van der Waals surface area (Å²) in [6.07, 6.45) is 1.88. The van der Waals surface area contributed by atoms with Crippen LogP contribution in [0.25, 0.3) is 5.69 Å². The van der Waals surface area contributed by atoms with Gasteiger partial charge in [0.1, 0.15) is 0 Å². The zero-order chi connectivity index (χ0) is 24.1. The second kappa shape index (κ2) is 11.1. The van der Waals surface area contributed by atoms with Crippen molar-refractivity contribution < 1.29 is 19.0 Å². The molecule has 1 saturated carbocycles. The highest BCUT2D eigenvalue weighted by molar-refractivity contribution is 5.43. The Balaban J connectivity index is 1.64. The monoisotopic (exact) mass is 467 g/mol. The number of aryl methyl sites for hydroxylation is 1. The SMILES string of the molecule is Cc1nn(-c2ccccc2)c(Oc2ccccc2F)c1CN(CC1CC1)C[C@H](O)COC(C)C. The van der Waals surface area contributed by atoms with Gasteiger partial charge in [-0.15, -0.1) is 0 Å². The van der Waals surface area contributed by atoms with Crippen LogP contribution in [0.4, 0.5) is 4.39 Å². The van der Waals surface area contributed by atoms with E-state index in [2.05, 4.69) is 4.90 Å². The van der Waals surface area contributed by atoms with Gasteiger partial charge in [0.15, 0.2) is 11.6 Å². The lowest BCUT2D eigenvalue weighted by Gasteiger charge is -2.26. The molecule has 1 heterocycles. The summed E-state index contributed by atoms with van der Waals surface area (Å²) < 4.78 is 28.0. The van der Waals surface area contributed by atoms with Crippen molar-refractivity contribution in [3.8, 4) is 17.3 Å². The molecule has 0 aliphatic heterocycles. The third-order valence-electron chi connectivity index (χ3n) is 5.87. The van der Waals surface area contributed by atoms with Crippen molar-refractivity contribution >= 4 is 0 Å². The van der Waals surface area contributed by atoms with Crippen LogP contribution in [-0.4, -0.2) is 51.7 Å². The fourth-order valence-electron chi connectivity index (χ4n) is 3.95. The van der Waals surface area contributed by atoms with E-state index in [9.17, 15) is 9.50 Å². The lowest BCUT2D eigenvalue weighted by molar-refractivity contribution is -0.0101. The molecule has 3 aromatic rings. The molecule has 1 aromatic heterocycles. The van der Waals surface area contributed by atoms with E-state index in [0.29, 0.717) is 31.5 Å². The van der Waals surface area contributed by atoms with E-state index in [0.717, 1.165) is 23.5 Å². The number of aromatic nitrogens is 2. The standard InChI is InChI=1S/C27H34FN3O3/c1-19(2)33-18-23(32)16-30(15-21-13-14-21)17-24-20(3)29-31(22-9-5-4-6-10-22)27(24)34-26-12-8-7-11-25(26)28/h4-12,19,21,23,32H,13-18H2,1-3H3/t23-/m0/s1. The van der Waals surface area contributed by atoms with Crippen molar-refractivity contribution in [2.75, 3.05) is 19.7 Å². The average molecular weight is 468 g/mol. The lowest BCUT2D eigenvalue weighted by atomic mass is 10.2. The predicted molar refractivity (Wildman–Crippen MR) is 130 cm³/mol. The van der Waals surface area contributed by atoms with Crippen molar-refractivity contribution in [2.24, 2.45) is 5.92 Å². The first-order chi connectivity index (χ1) is 16.4. The molecule has 0 radical (unpaired) electrons. The first-order valence-corrected chi connectivity index (χ1v) is 12.0. The average Bonchev–Trinajstić information content (AvgIpc) is 3.58. The van der Waals surface area contributed by atoms with Crippen LogP contribution in [-0.2, 0) is 11.3 Å². The Hall–Kier alpha value is -2.74. The van der Waals surface area contributed by atoms with Crippen LogP contribution >= 0.6 is 0 Å². The first kappa shape index (κ1) is 24.4. The minimum absolute atomic E-state index is 0.0682. The van der Waals surface area contributed by atoms with Gasteiger partial charge in [-0.3, -0.25) is 4.90 Å². The fraction of sp³-hybridized carbons (Fsp3) is 0.444. The van der Waals surface area contributed by atoms with Crippen molar-refractivity contribution in [1.82, 2.24) is 14.7 Å². The molecule has 34 heavy (non-hydrogen) atoms. The Labute approximate surface area is 200 Å². The van der Waals surface area contributed by atoms with Crippen molar-refractivity contribution in [2.45, 2.75) is 52.4 Å². The smallest absolute Gasteiger partial charge is 0.227 e. The van der Waals surface area contributed by atoms with E-state index in [1.165, 1.54) is 18.9 Å². The molecule has 4 rings (SSSR count).